The van der Waals surface area contributed by atoms with E-state index in [0.717, 1.165) is 12.8 Å². The zero-order valence-corrected chi connectivity index (χ0v) is 23.7. The molecule has 1 rings (SSSR count). The monoisotopic (exact) mass is 501 g/mol. The van der Waals surface area contributed by atoms with Gasteiger partial charge in [0.05, 0.1) is 13.2 Å². The second-order valence-corrected chi connectivity index (χ2v) is 8.84. The summed E-state index contributed by atoms with van der Waals surface area (Å²) < 4.78 is 10.7. The second kappa shape index (κ2) is 28.0. The van der Waals surface area contributed by atoms with Crippen LogP contribution in [0.3, 0.4) is 0 Å². The van der Waals surface area contributed by atoms with Crippen LogP contribution in [-0.4, -0.2) is 68.0 Å². The van der Waals surface area contributed by atoms with Gasteiger partial charge in [-0.2, -0.15) is 0 Å². The molecule has 1 fully saturated rings. The Bertz CT molecular complexity index is 448. The van der Waals surface area contributed by atoms with Crippen molar-refractivity contribution in [2.75, 3.05) is 19.8 Å². The number of ether oxygens (including phenoxy) is 2. The summed E-state index contributed by atoms with van der Waals surface area (Å²) in [5, 5.41) is 21.9. The molecule has 1 amide bonds. The molecular formula is C28H60BNO5. The number of aliphatic hydroxyl groups excluding tert-OH is 2. The van der Waals surface area contributed by atoms with E-state index < -0.39 is 24.3 Å². The van der Waals surface area contributed by atoms with E-state index in [4.69, 9.17) is 22.4 Å². The number of aliphatic hydroxyl groups is 2. The van der Waals surface area contributed by atoms with Gasteiger partial charge in [0, 0.05) is 20.4 Å². The van der Waals surface area contributed by atoms with Crippen LogP contribution in [0.5, 0.6) is 0 Å². The SMILES string of the molecule is CC.CC.[B]C1OC(CO)C(O)C1OCCC(=O)NCCCCCCCCCCCCCCCC.[HH]. The fourth-order valence-corrected chi connectivity index (χ4v) is 4.03. The normalized spacial score (nSPS) is 21.0. The van der Waals surface area contributed by atoms with Gasteiger partial charge in [0.25, 0.3) is 0 Å². The first-order valence-electron chi connectivity index (χ1n) is 14.7. The van der Waals surface area contributed by atoms with Crippen LogP contribution in [-0.2, 0) is 14.3 Å². The average molecular weight is 502 g/mol. The van der Waals surface area contributed by atoms with Crippen LogP contribution in [0.1, 0.15) is 132 Å². The lowest BCUT2D eigenvalue weighted by Crippen LogP contribution is -2.37. The molecule has 1 aliphatic heterocycles. The number of carbonyl (C=O) groups excluding carboxylic acids is 1. The maximum absolute atomic E-state index is 11.9. The van der Waals surface area contributed by atoms with Crippen LogP contribution >= 0.6 is 0 Å². The molecule has 210 valence electrons. The highest BCUT2D eigenvalue weighted by molar-refractivity contribution is 6.11. The highest BCUT2D eigenvalue weighted by Crippen LogP contribution is 2.22. The Labute approximate surface area is 220 Å². The summed E-state index contributed by atoms with van der Waals surface area (Å²) in [6.07, 6.45) is 16.3. The molecule has 4 unspecified atom stereocenters. The topological polar surface area (TPSA) is 88.0 Å². The van der Waals surface area contributed by atoms with E-state index in [1.165, 1.54) is 77.0 Å². The van der Waals surface area contributed by atoms with Gasteiger partial charge >= 0.3 is 0 Å². The van der Waals surface area contributed by atoms with Crippen molar-refractivity contribution >= 4 is 13.8 Å². The summed E-state index contributed by atoms with van der Waals surface area (Å²) >= 11 is 0. The molecule has 0 bridgehead atoms. The Morgan fingerprint density at radius 1 is 0.886 bits per heavy atom. The van der Waals surface area contributed by atoms with Crippen molar-refractivity contribution in [3.8, 4) is 0 Å². The van der Waals surface area contributed by atoms with Crippen LogP contribution in [0.2, 0.25) is 0 Å². The minimum Gasteiger partial charge on any atom is -0.394 e. The summed E-state index contributed by atoms with van der Waals surface area (Å²) in [5.41, 5.74) is 0. The standard InChI is InChI=1S/C24H46BNO5.2C2H6.H2/c1-2-3-4-5-6-7-8-9-10-11-12-13-14-15-17-26-21(28)16-18-30-23-22(29)20(19-27)31-24(23)25;2*1-2;/h20,22-24,27,29H,2-19H2,1H3,(H,26,28);2*1-2H3;1H. The molecule has 0 aromatic rings. The number of hydrogen-bond donors (Lipinski definition) is 3. The Kier molecular flexibility index (Phi) is 29.2. The van der Waals surface area contributed by atoms with Crippen molar-refractivity contribution in [1.82, 2.24) is 5.32 Å². The van der Waals surface area contributed by atoms with Crippen LogP contribution in [0, 0.1) is 0 Å². The molecule has 0 spiro atoms. The van der Waals surface area contributed by atoms with Crippen molar-refractivity contribution in [2.24, 2.45) is 0 Å². The molecule has 1 aliphatic rings. The number of hydrogen-bond acceptors (Lipinski definition) is 5. The Morgan fingerprint density at radius 3 is 1.77 bits per heavy atom. The van der Waals surface area contributed by atoms with E-state index in [0.29, 0.717) is 6.54 Å². The van der Waals surface area contributed by atoms with Gasteiger partial charge in [-0.05, 0) is 6.42 Å². The third kappa shape index (κ3) is 20.2. The van der Waals surface area contributed by atoms with Crippen molar-refractivity contribution in [3.05, 3.63) is 0 Å². The van der Waals surface area contributed by atoms with Gasteiger partial charge < -0.3 is 25.0 Å². The molecule has 35 heavy (non-hydrogen) atoms. The molecule has 7 heteroatoms. The zero-order chi connectivity index (χ0) is 26.7. The summed E-state index contributed by atoms with van der Waals surface area (Å²) in [6.45, 7) is 10.8. The molecule has 0 aromatic heterocycles. The maximum Gasteiger partial charge on any atom is 0.222 e. The highest BCUT2D eigenvalue weighted by atomic mass is 16.6. The van der Waals surface area contributed by atoms with Crippen LogP contribution in [0.15, 0.2) is 0 Å². The minimum atomic E-state index is -0.974. The lowest BCUT2D eigenvalue weighted by atomic mass is 9.93. The lowest BCUT2D eigenvalue weighted by Gasteiger charge is -2.18. The fraction of sp³-hybridized carbons (Fsp3) is 0.964. The van der Waals surface area contributed by atoms with Gasteiger partial charge in [-0.3, -0.25) is 4.79 Å². The van der Waals surface area contributed by atoms with E-state index in [9.17, 15) is 9.90 Å². The third-order valence-electron chi connectivity index (χ3n) is 6.05. The Balaban J connectivity index is -0.00000207. The quantitative estimate of drug-likeness (QED) is 0.143. The molecule has 3 N–H and O–H groups in total. The summed E-state index contributed by atoms with van der Waals surface area (Å²) in [6, 6.07) is -0.786. The van der Waals surface area contributed by atoms with E-state index >= 15 is 0 Å². The van der Waals surface area contributed by atoms with Crippen LogP contribution < -0.4 is 5.32 Å². The predicted octanol–water partition coefficient (Wildman–Crippen LogP) is 5.90. The van der Waals surface area contributed by atoms with E-state index in [-0.39, 0.29) is 27.0 Å². The van der Waals surface area contributed by atoms with Gasteiger partial charge in [0.1, 0.15) is 26.2 Å². The van der Waals surface area contributed by atoms with E-state index in [1.807, 2.05) is 27.7 Å². The van der Waals surface area contributed by atoms with Crippen molar-refractivity contribution in [3.63, 3.8) is 0 Å². The number of unbranched alkanes of at least 4 members (excludes halogenated alkanes) is 13. The average Bonchev–Trinajstić information content (AvgIpc) is 3.16. The number of nitrogens with one attached hydrogen (secondary N) is 1. The molecule has 0 saturated carbocycles. The van der Waals surface area contributed by atoms with Gasteiger partial charge in [-0.1, -0.05) is 118 Å². The zero-order valence-electron chi connectivity index (χ0n) is 23.7. The smallest absolute Gasteiger partial charge is 0.222 e. The molecule has 4 atom stereocenters. The fourth-order valence-electron chi connectivity index (χ4n) is 4.03. The van der Waals surface area contributed by atoms with Gasteiger partial charge in [-0.25, -0.2) is 0 Å². The van der Waals surface area contributed by atoms with Crippen LogP contribution in [0.4, 0.5) is 0 Å². The molecule has 6 nitrogen and oxygen atoms in total. The highest BCUT2D eigenvalue weighted by Gasteiger charge is 2.41. The summed E-state index contributed by atoms with van der Waals surface area (Å²) in [5.74, 6) is -0.0598. The number of rotatable bonds is 20. The van der Waals surface area contributed by atoms with Crippen molar-refractivity contribution < 1.29 is 25.9 Å². The predicted molar refractivity (Wildman–Crippen MR) is 150 cm³/mol. The number of amides is 1. The minimum absolute atomic E-state index is 0. The third-order valence-corrected chi connectivity index (χ3v) is 6.05. The van der Waals surface area contributed by atoms with Gasteiger partial charge in [0.2, 0.25) is 5.91 Å². The molecular weight excluding hydrogens is 441 g/mol. The summed E-state index contributed by atoms with van der Waals surface area (Å²) in [4.78, 5) is 11.9. The first-order valence-corrected chi connectivity index (χ1v) is 14.7. The Morgan fingerprint density at radius 2 is 1.34 bits per heavy atom. The first-order chi connectivity index (χ1) is 17.1. The molecule has 1 heterocycles. The largest absolute Gasteiger partial charge is 0.394 e. The summed E-state index contributed by atoms with van der Waals surface area (Å²) in [7, 11) is 5.73. The molecule has 0 aromatic carbocycles. The Hall–Kier alpha value is -0.625. The first kappa shape index (κ1) is 36.5. The van der Waals surface area contributed by atoms with Crippen molar-refractivity contribution in [2.45, 2.75) is 155 Å². The molecule has 0 aliphatic carbocycles. The lowest BCUT2D eigenvalue weighted by molar-refractivity contribution is -0.123. The van der Waals surface area contributed by atoms with Gasteiger partial charge in [0.15, 0.2) is 0 Å². The van der Waals surface area contributed by atoms with Crippen LogP contribution in [0.25, 0.3) is 0 Å². The second-order valence-electron chi connectivity index (χ2n) is 8.84. The number of carbonyl (C=O) groups is 1. The van der Waals surface area contributed by atoms with E-state index in [1.54, 1.807) is 0 Å². The van der Waals surface area contributed by atoms with Crippen molar-refractivity contribution in [1.29, 1.82) is 0 Å². The van der Waals surface area contributed by atoms with E-state index in [2.05, 4.69) is 12.2 Å². The maximum atomic E-state index is 11.9. The molecule has 2 radical (unpaired) electrons. The van der Waals surface area contributed by atoms with Gasteiger partial charge in [-0.15, -0.1) is 0 Å². The molecule has 1 saturated heterocycles.